The summed E-state index contributed by atoms with van der Waals surface area (Å²) >= 11 is 0. The first kappa shape index (κ1) is 8.31. The Hall–Kier alpha value is -0.790. The molecule has 0 bridgehead atoms. The molecular weight excluding hydrogens is 136 g/mol. The number of aromatic nitrogens is 2. The molecule has 11 heavy (non-hydrogen) atoms. The van der Waals surface area contributed by atoms with Crippen molar-refractivity contribution in [1.82, 2.24) is 9.78 Å². The summed E-state index contributed by atoms with van der Waals surface area (Å²) in [5.74, 6) is 0. The zero-order valence-corrected chi connectivity index (χ0v) is 7.30. The minimum absolute atomic E-state index is 1.01. The van der Waals surface area contributed by atoms with Crippen LogP contribution in [0, 0.1) is 6.20 Å². The Morgan fingerprint density at radius 1 is 1.55 bits per heavy atom. The second-order valence-corrected chi connectivity index (χ2v) is 2.70. The van der Waals surface area contributed by atoms with E-state index in [1.165, 1.54) is 12.8 Å². The van der Waals surface area contributed by atoms with Crippen molar-refractivity contribution in [1.29, 1.82) is 0 Å². The second-order valence-electron chi connectivity index (χ2n) is 2.70. The van der Waals surface area contributed by atoms with Gasteiger partial charge in [0.1, 0.15) is 0 Å². The van der Waals surface area contributed by atoms with Gasteiger partial charge in [-0.25, -0.2) is 0 Å². The van der Waals surface area contributed by atoms with Crippen LogP contribution in [0.2, 0.25) is 0 Å². The molecule has 1 aromatic rings. The van der Waals surface area contributed by atoms with Crippen molar-refractivity contribution in [3.05, 3.63) is 18.0 Å². The number of hydrogen-bond donors (Lipinski definition) is 0. The number of nitrogens with zero attached hydrogens (tertiary/aromatic N) is 2. The van der Waals surface area contributed by atoms with E-state index in [1.54, 1.807) is 0 Å². The van der Waals surface area contributed by atoms with Gasteiger partial charge in [-0.3, -0.25) is 4.68 Å². The Morgan fingerprint density at radius 2 is 2.36 bits per heavy atom. The van der Waals surface area contributed by atoms with E-state index in [1.807, 2.05) is 10.7 Å². The summed E-state index contributed by atoms with van der Waals surface area (Å²) in [7, 11) is 0. The normalized spacial score (nSPS) is 10.4. The maximum Gasteiger partial charge on any atom is 0.0866 e. The summed E-state index contributed by atoms with van der Waals surface area (Å²) in [6.07, 6.45) is 6.52. The van der Waals surface area contributed by atoms with Gasteiger partial charge in [0.15, 0.2) is 0 Å². The van der Waals surface area contributed by atoms with Crippen LogP contribution in [0.15, 0.2) is 6.07 Å². The van der Waals surface area contributed by atoms with Gasteiger partial charge < -0.3 is 0 Å². The van der Waals surface area contributed by atoms with Crippen LogP contribution in [0.1, 0.15) is 32.4 Å². The molecule has 0 amide bonds. The third-order valence-corrected chi connectivity index (χ3v) is 1.72. The molecule has 0 atom stereocenters. The summed E-state index contributed by atoms with van der Waals surface area (Å²) in [5, 5.41) is 4.33. The molecule has 0 spiro atoms. The van der Waals surface area contributed by atoms with Gasteiger partial charge in [-0.2, -0.15) is 5.10 Å². The van der Waals surface area contributed by atoms with E-state index in [0.717, 1.165) is 18.7 Å². The van der Waals surface area contributed by atoms with Gasteiger partial charge in [0.2, 0.25) is 0 Å². The molecule has 1 aromatic heterocycles. The first-order valence-corrected chi connectivity index (χ1v) is 4.31. The highest BCUT2D eigenvalue weighted by molar-refractivity contribution is 4.96. The van der Waals surface area contributed by atoms with Crippen LogP contribution >= 0.6 is 0 Å². The van der Waals surface area contributed by atoms with E-state index < -0.39 is 0 Å². The predicted molar refractivity (Wildman–Crippen MR) is 45.3 cm³/mol. The van der Waals surface area contributed by atoms with Gasteiger partial charge in [0.05, 0.1) is 11.9 Å². The van der Waals surface area contributed by atoms with Gasteiger partial charge in [0.25, 0.3) is 0 Å². The van der Waals surface area contributed by atoms with Crippen molar-refractivity contribution in [2.75, 3.05) is 0 Å². The molecule has 2 heteroatoms. The maximum atomic E-state index is 4.33. The summed E-state index contributed by atoms with van der Waals surface area (Å²) in [5.41, 5.74) is 1.14. The molecule has 0 fully saturated rings. The Balaban J connectivity index is 2.44. The molecule has 1 radical (unpaired) electrons. The third-order valence-electron chi connectivity index (χ3n) is 1.72. The van der Waals surface area contributed by atoms with Crippen LogP contribution in [0.5, 0.6) is 0 Å². The number of unbranched alkanes of at least 4 members (excludes halogenated alkanes) is 1. The van der Waals surface area contributed by atoms with Gasteiger partial charge in [0, 0.05) is 6.54 Å². The first-order valence-electron chi connectivity index (χ1n) is 4.31. The Kier molecular flexibility index (Phi) is 3.14. The van der Waals surface area contributed by atoms with Crippen molar-refractivity contribution in [2.24, 2.45) is 0 Å². The molecule has 0 aromatic carbocycles. The van der Waals surface area contributed by atoms with E-state index >= 15 is 0 Å². The molecule has 0 saturated heterocycles. The van der Waals surface area contributed by atoms with Crippen molar-refractivity contribution >= 4 is 0 Å². The molecule has 0 aliphatic rings. The highest BCUT2D eigenvalue weighted by atomic mass is 15.3. The monoisotopic (exact) mass is 151 g/mol. The smallest absolute Gasteiger partial charge is 0.0866 e. The lowest BCUT2D eigenvalue weighted by Gasteiger charge is -1.96. The fraction of sp³-hybridized carbons (Fsp3) is 0.667. The first-order chi connectivity index (χ1) is 5.36. The largest absolute Gasteiger partial charge is 0.263 e. The summed E-state index contributed by atoms with van der Waals surface area (Å²) < 4.78 is 1.91. The maximum absolute atomic E-state index is 4.33. The van der Waals surface area contributed by atoms with Crippen LogP contribution in [0.25, 0.3) is 0 Å². The summed E-state index contributed by atoms with van der Waals surface area (Å²) in [6, 6.07) is 1.97. The van der Waals surface area contributed by atoms with E-state index in [0.29, 0.717) is 0 Å². The second kappa shape index (κ2) is 4.16. The lowest BCUT2D eigenvalue weighted by molar-refractivity contribution is 0.563. The lowest BCUT2D eigenvalue weighted by atomic mass is 10.3. The topological polar surface area (TPSA) is 17.8 Å². The van der Waals surface area contributed by atoms with E-state index in [2.05, 4.69) is 25.1 Å². The van der Waals surface area contributed by atoms with Crippen LogP contribution in [-0.2, 0) is 13.0 Å². The quantitative estimate of drug-likeness (QED) is 0.644. The minimum Gasteiger partial charge on any atom is -0.263 e. The zero-order chi connectivity index (χ0) is 8.10. The highest BCUT2D eigenvalue weighted by Crippen LogP contribution is 1.97. The number of aryl methyl sites for hydroxylation is 2. The molecule has 1 rings (SSSR count). The summed E-state index contributed by atoms with van der Waals surface area (Å²) in [4.78, 5) is 0. The average molecular weight is 151 g/mol. The van der Waals surface area contributed by atoms with Gasteiger partial charge >= 0.3 is 0 Å². The highest BCUT2D eigenvalue weighted by Gasteiger charge is 1.94. The van der Waals surface area contributed by atoms with Crippen LogP contribution in [-0.4, -0.2) is 9.78 Å². The van der Waals surface area contributed by atoms with Gasteiger partial charge in [-0.1, -0.05) is 20.3 Å². The van der Waals surface area contributed by atoms with E-state index in [4.69, 9.17) is 0 Å². The Bertz CT molecular complexity index is 203. The molecule has 1 heterocycles. The zero-order valence-electron chi connectivity index (χ0n) is 7.30. The summed E-state index contributed by atoms with van der Waals surface area (Å²) in [6.45, 7) is 5.31. The lowest BCUT2D eigenvalue weighted by Crippen LogP contribution is -1.98. The molecule has 0 N–H and O–H groups in total. The van der Waals surface area contributed by atoms with Gasteiger partial charge in [-0.15, -0.1) is 0 Å². The number of rotatable bonds is 4. The van der Waals surface area contributed by atoms with Gasteiger partial charge in [-0.05, 0) is 18.9 Å². The molecule has 0 saturated carbocycles. The van der Waals surface area contributed by atoms with Crippen molar-refractivity contribution in [2.45, 2.75) is 39.7 Å². The molecule has 61 valence electrons. The van der Waals surface area contributed by atoms with Crippen LogP contribution < -0.4 is 0 Å². The molecule has 0 aliphatic carbocycles. The van der Waals surface area contributed by atoms with Crippen LogP contribution in [0.3, 0.4) is 0 Å². The van der Waals surface area contributed by atoms with Crippen LogP contribution in [0.4, 0.5) is 0 Å². The molecular formula is C9H15N2. The Labute approximate surface area is 68.2 Å². The van der Waals surface area contributed by atoms with E-state index in [-0.39, 0.29) is 0 Å². The SMILES string of the molecule is CCCCn1[c]cc(CC)n1. The average Bonchev–Trinajstić information content (AvgIpc) is 2.48. The van der Waals surface area contributed by atoms with E-state index in [9.17, 15) is 0 Å². The Morgan fingerprint density at radius 3 is 2.91 bits per heavy atom. The molecule has 0 aliphatic heterocycles. The predicted octanol–water partition coefficient (Wildman–Crippen LogP) is 2.05. The number of hydrogen-bond acceptors (Lipinski definition) is 1. The standard InChI is InChI=1S/C9H15N2/c1-3-5-7-11-8-6-9(4-2)10-11/h6H,3-5,7H2,1-2H3. The fourth-order valence-corrected chi connectivity index (χ4v) is 0.957. The minimum atomic E-state index is 1.01. The van der Waals surface area contributed by atoms with Crippen molar-refractivity contribution in [3.63, 3.8) is 0 Å². The molecule has 0 unspecified atom stereocenters. The van der Waals surface area contributed by atoms with Crippen molar-refractivity contribution < 1.29 is 0 Å². The third kappa shape index (κ3) is 2.37. The van der Waals surface area contributed by atoms with Crippen molar-refractivity contribution in [3.8, 4) is 0 Å². The molecule has 2 nitrogen and oxygen atoms in total. The fourth-order valence-electron chi connectivity index (χ4n) is 0.957.